The second kappa shape index (κ2) is 5.39. The first-order chi connectivity index (χ1) is 8.53. The minimum Gasteiger partial charge on any atom is -0.481 e. The van der Waals surface area contributed by atoms with E-state index in [1.165, 1.54) is 0 Å². The summed E-state index contributed by atoms with van der Waals surface area (Å²) in [5.41, 5.74) is -0.764. The van der Waals surface area contributed by atoms with Gasteiger partial charge in [-0.1, -0.05) is 13.8 Å². The van der Waals surface area contributed by atoms with Gasteiger partial charge in [-0.3, -0.25) is 4.79 Å². The van der Waals surface area contributed by atoms with Gasteiger partial charge in [-0.25, -0.2) is 4.79 Å². The van der Waals surface area contributed by atoms with Crippen molar-refractivity contribution in [2.45, 2.75) is 65.5 Å². The third-order valence-electron chi connectivity index (χ3n) is 3.49. The lowest BCUT2D eigenvalue weighted by atomic mass is 9.75. The number of piperidine rings is 1. The summed E-state index contributed by atoms with van der Waals surface area (Å²) < 4.78 is 5.38. The zero-order valence-electron chi connectivity index (χ0n) is 12.5. The maximum atomic E-state index is 12.2. The van der Waals surface area contributed by atoms with Crippen LogP contribution in [0.5, 0.6) is 0 Å². The zero-order valence-corrected chi connectivity index (χ0v) is 12.5. The van der Waals surface area contributed by atoms with Crippen LogP contribution < -0.4 is 0 Å². The zero-order chi connectivity index (χ0) is 14.8. The van der Waals surface area contributed by atoms with Crippen molar-refractivity contribution in [1.29, 1.82) is 0 Å². The summed E-state index contributed by atoms with van der Waals surface area (Å²) in [5, 5.41) is 9.05. The Balaban J connectivity index is 2.89. The number of carboxylic acids is 1. The van der Waals surface area contributed by atoms with Crippen molar-refractivity contribution >= 4 is 12.1 Å². The van der Waals surface area contributed by atoms with Crippen LogP contribution in [-0.2, 0) is 9.53 Å². The van der Waals surface area contributed by atoms with Crippen molar-refractivity contribution in [3.63, 3.8) is 0 Å². The van der Waals surface area contributed by atoms with E-state index < -0.39 is 17.7 Å². The molecule has 0 aromatic heterocycles. The number of carbonyl (C=O) groups excluding carboxylic acids is 1. The van der Waals surface area contributed by atoms with Gasteiger partial charge in [-0.15, -0.1) is 0 Å². The van der Waals surface area contributed by atoms with E-state index in [9.17, 15) is 9.59 Å². The highest BCUT2D eigenvalue weighted by molar-refractivity contribution is 5.72. The van der Waals surface area contributed by atoms with Gasteiger partial charge in [0.1, 0.15) is 5.60 Å². The van der Waals surface area contributed by atoms with E-state index in [-0.39, 0.29) is 17.9 Å². The summed E-state index contributed by atoms with van der Waals surface area (Å²) in [7, 11) is 0. The molecule has 0 bridgehead atoms. The Morgan fingerprint density at radius 1 is 1.37 bits per heavy atom. The van der Waals surface area contributed by atoms with Crippen LogP contribution in [0.15, 0.2) is 0 Å². The van der Waals surface area contributed by atoms with Crippen LogP contribution in [0.3, 0.4) is 0 Å². The van der Waals surface area contributed by atoms with Crippen molar-refractivity contribution in [2.24, 2.45) is 5.41 Å². The highest BCUT2D eigenvalue weighted by Crippen LogP contribution is 2.37. The van der Waals surface area contributed by atoms with E-state index in [0.717, 1.165) is 12.8 Å². The van der Waals surface area contributed by atoms with Gasteiger partial charge >= 0.3 is 12.1 Å². The molecule has 110 valence electrons. The Kier molecular flexibility index (Phi) is 4.48. The largest absolute Gasteiger partial charge is 0.481 e. The third kappa shape index (κ3) is 4.40. The Labute approximate surface area is 114 Å². The maximum absolute atomic E-state index is 12.2. The molecule has 0 spiro atoms. The number of nitrogens with zero attached hydrogens (tertiary/aromatic N) is 1. The van der Waals surface area contributed by atoms with E-state index in [0.29, 0.717) is 6.54 Å². The summed E-state index contributed by atoms with van der Waals surface area (Å²) in [6, 6.07) is -0.311. The molecule has 1 aliphatic heterocycles. The van der Waals surface area contributed by atoms with Crippen LogP contribution in [0.2, 0.25) is 0 Å². The Morgan fingerprint density at radius 2 is 1.95 bits per heavy atom. The van der Waals surface area contributed by atoms with Crippen molar-refractivity contribution in [3.05, 3.63) is 0 Å². The lowest BCUT2D eigenvalue weighted by Crippen LogP contribution is -2.54. The molecule has 1 heterocycles. The molecule has 19 heavy (non-hydrogen) atoms. The summed E-state index contributed by atoms with van der Waals surface area (Å²) in [6.45, 7) is 10.0. The standard InChI is InChI=1S/C14H25NO4/c1-13(2,3)19-12(18)15-8-6-7-14(4,5)10(15)9-11(16)17/h10H,6-9H2,1-5H3,(H,16,17). The van der Waals surface area contributed by atoms with Crippen LogP contribution in [0.1, 0.15) is 53.9 Å². The molecular formula is C14H25NO4. The van der Waals surface area contributed by atoms with Crippen LogP contribution >= 0.6 is 0 Å². The predicted molar refractivity (Wildman–Crippen MR) is 72.0 cm³/mol. The average Bonchev–Trinajstić information content (AvgIpc) is 2.17. The molecule has 0 saturated carbocycles. The summed E-state index contributed by atoms with van der Waals surface area (Å²) in [6.07, 6.45) is 1.35. The van der Waals surface area contributed by atoms with Crippen molar-refractivity contribution in [2.75, 3.05) is 6.54 Å². The van der Waals surface area contributed by atoms with E-state index >= 15 is 0 Å². The molecule has 1 unspecified atom stereocenters. The SMILES string of the molecule is CC(C)(C)OC(=O)N1CCCC(C)(C)C1CC(=O)O. The molecule has 1 atom stereocenters. The Hall–Kier alpha value is -1.26. The average molecular weight is 271 g/mol. The van der Waals surface area contributed by atoms with Gasteiger partial charge in [0.25, 0.3) is 0 Å². The van der Waals surface area contributed by atoms with Crippen LogP contribution in [0.25, 0.3) is 0 Å². The number of hydrogen-bond acceptors (Lipinski definition) is 3. The van der Waals surface area contributed by atoms with Gasteiger partial charge in [0.2, 0.25) is 0 Å². The van der Waals surface area contributed by atoms with E-state index in [1.54, 1.807) is 4.90 Å². The number of ether oxygens (including phenoxy) is 1. The number of carboxylic acid groups (broad SMARTS) is 1. The number of aliphatic carboxylic acids is 1. The highest BCUT2D eigenvalue weighted by Gasteiger charge is 2.42. The summed E-state index contributed by atoms with van der Waals surface area (Å²) in [4.78, 5) is 24.8. The first-order valence-corrected chi connectivity index (χ1v) is 6.74. The molecule has 1 rings (SSSR count). The molecule has 1 N–H and O–H groups in total. The van der Waals surface area contributed by atoms with Crippen LogP contribution in [0.4, 0.5) is 4.79 Å². The molecule has 1 saturated heterocycles. The molecule has 0 aromatic carbocycles. The lowest BCUT2D eigenvalue weighted by Gasteiger charge is -2.46. The van der Waals surface area contributed by atoms with Crippen LogP contribution in [0, 0.1) is 5.41 Å². The van der Waals surface area contributed by atoms with E-state index in [2.05, 4.69) is 0 Å². The van der Waals surface area contributed by atoms with Gasteiger partial charge < -0.3 is 14.7 Å². The predicted octanol–water partition coefficient (Wildman–Crippen LogP) is 2.89. The second-order valence-corrected chi connectivity index (χ2v) is 6.88. The monoisotopic (exact) mass is 271 g/mol. The minimum atomic E-state index is -0.881. The normalized spacial score (nSPS) is 23.0. The third-order valence-corrected chi connectivity index (χ3v) is 3.49. The second-order valence-electron chi connectivity index (χ2n) is 6.88. The van der Waals surface area contributed by atoms with Crippen molar-refractivity contribution in [3.8, 4) is 0 Å². The van der Waals surface area contributed by atoms with Gasteiger partial charge in [0.05, 0.1) is 12.5 Å². The fraction of sp³-hybridized carbons (Fsp3) is 0.857. The Morgan fingerprint density at radius 3 is 2.42 bits per heavy atom. The molecule has 0 aromatic rings. The van der Waals surface area contributed by atoms with Crippen molar-refractivity contribution < 1.29 is 19.4 Å². The smallest absolute Gasteiger partial charge is 0.410 e. The maximum Gasteiger partial charge on any atom is 0.410 e. The molecule has 0 aliphatic carbocycles. The first kappa shape index (κ1) is 15.8. The molecule has 1 aliphatic rings. The first-order valence-electron chi connectivity index (χ1n) is 6.74. The van der Waals surface area contributed by atoms with E-state index in [1.807, 2.05) is 34.6 Å². The topological polar surface area (TPSA) is 66.8 Å². The highest BCUT2D eigenvalue weighted by atomic mass is 16.6. The quantitative estimate of drug-likeness (QED) is 0.838. The molecular weight excluding hydrogens is 246 g/mol. The number of carbonyl (C=O) groups is 2. The van der Waals surface area contributed by atoms with Gasteiger partial charge in [-0.05, 0) is 39.0 Å². The van der Waals surface area contributed by atoms with Gasteiger partial charge in [0, 0.05) is 6.54 Å². The number of amides is 1. The minimum absolute atomic E-state index is 0.0355. The molecule has 1 amide bonds. The number of likely N-dealkylation sites (tertiary alicyclic amines) is 1. The van der Waals surface area contributed by atoms with Crippen LogP contribution in [-0.4, -0.2) is 40.3 Å². The molecule has 5 nitrogen and oxygen atoms in total. The molecule has 0 radical (unpaired) electrons. The number of hydrogen-bond donors (Lipinski definition) is 1. The number of rotatable bonds is 2. The molecule has 5 heteroatoms. The van der Waals surface area contributed by atoms with E-state index in [4.69, 9.17) is 9.84 Å². The fourth-order valence-electron chi connectivity index (χ4n) is 2.54. The fourth-order valence-corrected chi connectivity index (χ4v) is 2.54. The lowest BCUT2D eigenvalue weighted by molar-refractivity contribution is -0.140. The molecule has 1 fully saturated rings. The summed E-state index contributed by atoms with van der Waals surface area (Å²) >= 11 is 0. The van der Waals surface area contributed by atoms with Gasteiger partial charge in [-0.2, -0.15) is 0 Å². The van der Waals surface area contributed by atoms with Gasteiger partial charge in [0.15, 0.2) is 0 Å². The van der Waals surface area contributed by atoms with Crippen molar-refractivity contribution in [1.82, 2.24) is 4.90 Å². The Bertz CT molecular complexity index is 357. The summed E-state index contributed by atoms with van der Waals surface area (Å²) in [5.74, 6) is -0.881.